The van der Waals surface area contributed by atoms with Crippen molar-refractivity contribution in [3.05, 3.63) is 191 Å². The molecule has 276 valence electrons. The average Bonchev–Trinajstić information content (AvgIpc) is 3.71. The summed E-state index contributed by atoms with van der Waals surface area (Å²) in [6.07, 6.45) is -1.47. The van der Waals surface area contributed by atoms with Gasteiger partial charge in [-0.3, -0.25) is 4.79 Å². The van der Waals surface area contributed by atoms with Crippen LogP contribution in [0, 0.1) is 0 Å². The molecule has 2 heterocycles. The molecular formula is C44H44N4O6. The van der Waals surface area contributed by atoms with Crippen molar-refractivity contribution in [3.63, 3.8) is 0 Å². The molecule has 0 unspecified atom stereocenters. The van der Waals surface area contributed by atoms with Crippen LogP contribution in [0.5, 0.6) is 0 Å². The van der Waals surface area contributed by atoms with Crippen molar-refractivity contribution in [2.45, 2.75) is 63.6 Å². The van der Waals surface area contributed by atoms with E-state index in [9.17, 15) is 4.79 Å². The van der Waals surface area contributed by atoms with Gasteiger partial charge in [-0.05, 0) is 34.4 Å². The van der Waals surface area contributed by atoms with Gasteiger partial charge < -0.3 is 29.0 Å². The van der Waals surface area contributed by atoms with Gasteiger partial charge in [0.15, 0.2) is 6.23 Å². The van der Waals surface area contributed by atoms with Gasteiger partial charge in [0.25, 0.3) is 5.91 Å². The van der Waals surface area contributed by atoms with Crippen molar-refractivity contribution in [3.8, 4) is 0 Å². The van der Waals surface area contributed by atoms with Crippen LogP contribution in [0.15, 0.2) is 158 Å². The summed E-state index contributed by atoms with van der Waals surface area (Å²) in [4.78, 5) is 12.8. The van der Waals surface area contributed by atoms with Crippen LogP contribution in [0.2, 0.25) is 0 Å². The van der Waals surface area contributed by atoms with Crippen molar-refractivity contribution in [2.75, 3.05) is 6.61 Å². The van der Waals surface area contributed by atoms with Gasteiger partial charge in [0.05, 0.1) is 45.8 Å². The molecule has 10 nitrogen and oxygen atoms in total. The number of benzene rings is 5. The van der Waals surface area contributed by atoms with Gasteiger partial charge in [0, 0.05) is 5.56 Å². The molecule has 1 aromatic heterocycles. The second-order valence-corrected chi connectivity index (χ2v) is 13.1. The smallest absolute Gasteiger partial charge is 0.251 e. The number of nitrogens with zero attached hydrogens (tertiary/aromatic N) is 3. The van der Waals surface area contributed by atoms with Gasteiger partial charge in [0.1, 0.15) is 30.1 Å². The van der Waals surface area contributed by atoms with Crippen LogP contribution < -0.4 is 5.32 Å². The largest absolute Gasteiger partial charge is 0.374 e. The Balaban J connectivity index is 1.20. The van der Waals surface area contributed by atoms with Crippen LogP contribution in [0.1, 0.15) is 44.5 Å². The Labute approximate surface area is 315 Å². The standard InChI is InChI=1S/C44H44N4O6/c49-43(37-24-14-5-15-25-37)45-26-38-27-48(47-46-38)44-42(53-31-36-22-12-4-13-23-36)41(52-30-35-20-10-3-11-21-35)40(51-29-34-18-8-2-9-19-34)39(54-44)32-50-28-33-16-6-1-7-17-33/h1-25,27,39-42,44H,26,28-32H2,(H,45,49)/t39-,40-,41+,42-,44-/m1/s1. The van der Waals surface area contributed by atoms with Crippen LogP contribution in [-0.2, 0) is 56.7 Å². The van der Waals surface area contributed by atoms with Crippen molar-refractivity contribution >= 4 is 5.91 Å². The number of carbonyl (C=O) groups is 1. The fraction of sp³-hybridized carbons (Fsp3) is 0.250. The number of aromatic nitrogens is 3. The van der Waals surface area contributed by atoms with Crippen LogP contribution >= 0.6 is 0 Å². The summed E-state index contributed by atoms with van der Waals surface area (Å²) in [7, 11) is 0. The minimum atomic E-state index is -0.775. The highest BCUT2D eigenvalue weighted by Crippen LogP contribution is 2.35. The van der Waals surface area contributed by atoms with E-state index in [0.29, 0.717) is 37.7 Å². The third kappa shape index (κ3) is 10.1. The highest BCUT2D eigenvalue weighted by Gasteiger charge is 2.49. The van der Waals surface area contributed by atoms with Crippen molar-refractivity contribution < 1.29 is 28.5 Å². The summed E-state index contributed by atoms with van der Waals surface area (Å²) in [5, 5.41) is 11.8. The molecule has 1 fully saturated rings. The maximum Gasteiger partial charge on any atom is 0.251 e. The van der Waals surface area contributed by atoms with E-state index in [-0.39, 0.29) is 19.1 Å². The predicted octanol–water partition coefficient (Wildman–Crippen LogP) is 7.08. The van der Waals surface area contributed by atoms with Crippen molar-refractivity contribution in [2.24, 2.45) is 0 Å². The van der Waals surface area contributed by atoms with Crippen LogP contribution in [-0.4, -0.2) is 51.9 Å². The van der Waals surface area contributed by atoms with E-state index in [0.717, 1.165) is 22.3 Å². The van der Waals surface area contributed by atoms with Crippen molar-refractivity contribution in [1.29, 1.82) is 0 Å². The minimum Gasteiger partial charge on any atom is -0.374 e. The molecule has 0 radical (unpaired) electrons. The van der Waals surface area contributed by atoms with Crippen LogP contribution in [0.4, 0.5) is 0 Å². The molecule has 1 aliphatic heterocycles. The van der Waals surface area contributed by atoms with Crippen LogP contribution in [0.25, 0.3) is 0 Å². The van der Waals surface area contributed by atoms with E-state index in [4.69, 9.17) is 23.7 Å². The molecule has 6 aromatic rings. The molecule has 0 saturated carbocycles. The van der Waals surface area contributed by atoms with Crippen LogP contribution in [0.3, 0.4) is 0 Å². The molecule has 1 amide bonds. The Bertz CT molecular complexity index is 1980. The minimum absolute atomic E-state index is 0.177. The van der Waals surface area contributed by atoms with E-state index in [2.05, 4.69) is 15.6 Å². The average molecular weight is 725 g/mol. The molecule has 0 spiro atoms. The Morgan fingerprint density at radius 2 is 1.06 bits per heavy atom. The maximum atomic E-state index is 12.8. The number of carbonyl (C=O) groups excluding carboxylic acids is 1. The highest BCUT2D eigenvalue weighted by molar-refractivity contribution is 5.94. The molecule has 7 rings (SSSR count). The number of rotatable bonds is 17. The summed E-state index contributed by atoms with van der Waals surface area (Å²) in [5.74, 6) is -0.202. The zero-order valence-electron chi connectivity index (χ0n) is 29.9. The molecule has 1 N–H and O–H groups in total. The first-order chi connectivity index (χ1) is 26.7. The van der Waals surface area contributed by atoms with Crippen molar-refractivity contribution in [1.82, 2.24) is 20.3 Å². The summed E-state index contributed by atoms with van der Waals surface area (Å²) >= 11 is 0. The summed E-state index contributed by atoms with van der Waals surface area (Å²) in [6, 6.07) is 49.1. The van der Waals surface area contributed by atoms with E-state index in [1.54, 1.807) is 23.0 Å². The van der Waals surface area contributed by atoms with E-state index < -0.39 is 30.6 Å². The Kier molecular flexibility index (Phi) is 13.0. The molecule has 54 heavy (non-hydrogen) atoms. The second kappa shape index (κ2) is 19.0. The first kappa shape index (κ1) is 36.9. The molecule has 10 heteroatoms. The van der Waals surface area contributed by atoms with E-state index >= 15 is 0 Å². The normalized spacial score (nSPS) is 19.7. The molecule has 5 aromatic carbocycles. The second-order valence-electron chi connectivity index (χ2n) is 13.1. The molecule has 1 aliphatic rings. The van der Waals surface area contributed by atoms with Gasteiger partial charge in [0.2, 0.25) is 0 Å². The number of hydrogen-bond donors (Lipinski definition) is 1. The van der Waals surface area contributed by atoms with Gasteiger partial charge in [-0.2, -0.15) is 0 Å². The number of hydrogen-bond acceptors (Lipinski definition) is 8. The monoisotopic (exact) mass is 724 g/mol. The maximum absolute atomic E-state index is 12.8. The Hall–Kier alpha value is -5.49. The summed E-state index contributed by atoms with van der Waals surface area (Å²) in [5.41, 5.74) is 5.20. The first-order valence-corrected chi connectivity index (χ1v) is 18.2. The lowest BCUT2D eigenvalue weighted by Crippen LogP contribution is -2.59. The van der Waals surface area contributed by atoms with Gasteiger partial charge in [-0.15, -0.1) is 5.10 Å². The first-order valence-electron chi connectivity index (χ1n) is 18.2. The third-order valence-corrected chi connectivity index (χ3v) is 9.14. The fourth-order valence-corrected chi connectivity index (χ4v) is 6.36. The molecule has 1 saturated heterocycles. The third-order valence-electron chi connectivity index (χ3n) is 9.14. The van der Waals surface area contributed by atoms with E-state index in [1.807, 2.05) is 140 Å². The lowest BCUT2D eigenvalue weighted by Gasteiger charge is -2.46. The molecule has 0 aliphatic carbocycles. The van der Waals surface area contributed by atoms with Gasteiger partial charge >= 0.3 is 0 Å². The quantitative estimate of drug-likeness (QED) is 0.107. The molecule has 0 bridgehead atoms. The molecule has 5 atom stereocenters. The lowest BCUT2D eigenvalue weighted by molar-refractivity contribution is -0.292. The number of nitrogens with one attached hydrogen (secondary N) is 1. The molecular weight excluding hydrogens is 681 g/mol. The predicted molar refractivity (Wildman–Crippen MR) is 203 cm³/mol. The SMILES string of the molecule is O=C(NCc1cn([C@@H]2O[C@H](COCc3ccccc3)[C@@H](OCc3ccccc3)[C@H](OCc3ccccc3)[C@H]2OCc2ccccc2)nn1)c1ccccc1. The number of ether oxygens (including phenoxy) is 5. The summed E-state index contributed by atoms with van der Waals surface area (Å²) < 4.78 is 35.3. The Morgan fingerprint density at radius 3 is 1.59 bits per heavy atom. The van der Waals surface area contributed by atoms with Gasteiger partial charge in [-0.1, -0.05) is 145 Å². The van der Waals surface area contributed by atoms with Gasteiger partial charge in [-0.25, -0.2) is 4.68 Å². The summed E-state index contributed by atoms with van der Waals surface area (Å²) in [6.45, 7) is 1.74. The fourth-order valence-electron chi connectivity index (χ4n) is 6.36. The zero-order valence-corrected chi connectivity index (χ0v) is 29.9. The van der Waals surface area contributed by atoms with E-state index in [1.165, 1.54) is 0 Å². The zero-order chi connectivity index (χ0) is 36.8. The highest BCUT2D eigenvalue weighted by atomic mass is 16.6. The Morgan fingerprint density at radius 1 is 0.593 bits per heavy atom. The topological polar surface area (TPSA) is 106 Å². The number of amides is 1. The lowest BCUT2D eigenvalue weighted by atomic mass is 9.97.